The van der Waals surface area contributed by atoms with Crippen LogP contribution in [0.1, 0.15) is 19.4 Å². The molecular formula is C13H17N3O. The van der Waals surface area contributed by atoms with Crippen molar-refractivity contribution in [2.24, 2.45) is 11.7 Å². The van der Waals surface area contributed by atoms with Crippen molar-refractivity contribution in [1.82, 2.24) is 0 Å². The fraction of sp³-hybridized carbons (Fsp3) is 0.385. The van der Waals surface area contributed by atoms with Crippen molar-refractivity contribution < 1.29 is 4.79 Å². The predicted molar refractivity (Wildman–Crippen MR) is 67.4 cm³/mol. The molecule has 1 rings (SSSR count). The number of anilines is 1. The standard InChI is InChI=1S/C13H17N3O/c1-9(2)12(15)13(17)16(3)11-6-4-10(8-14)5-7-11/h4-7,9,12H,15H2,1-3H3. The average molecular weight is 231 g/mol. The number of hydrogen-bond donors (Lipinski definition) is 1. The van der Waals surface area contributed by atoms with Gasteiger partial charge in [0.05, 0.1) is 17.7 Å². The van der Waals surface area contributed by atoms with E-state index in [1.165, 1.54) is 4.90 Å². The average Bonchev–Trinajstić information content (AvgIpc) is 2.36. The van der Waals surface area contributed by atoms with Gasteiger partial charge in [0.15, 0.2) is 0 Å². The molecule has 0 radical (unpaired) electrons. The van der Waals surface area contributed by atoms with Crippen molar-refractivity contribution in [2.75, 3.05) is 11.9 Å². The number of benzene rings is 1. The van der Waals surface area contributed by atoms with Crippen molar-refractivity contribution in [1.29, 1.82) is 5.26 Å². The molecule has 0 aliphatic carbocycles. The van der Waals surface area contributed by atoms with Gasteiger partial charge in [0.2, 0.25) is 5.91 Å². The highest BCUT2D eigenvalue weighted by Gasteiger charge is 2.21. The van der Waals surface area contributed by atoms with Gasteiger partial charge in [-0.05, 0) is 30.2 Å². The maximum Gasteiger partial charge on any atom is 0.243 e. The molecule has 0 spiro atoms. The lowest BCUT2D eigenvalue weighted by atomic mass is 10.0. The van der Waals surface area contributed by atoms with Crippen LogP contribution in [0.5, 0.6) is 0 Å². The Kier molecular flexibility index (Phi) is 4.24. The van der Waals surface area contributed by atoms with Gasteiger partial charge in [-0.25, -0.2) is 0 Å². The van der Waals surface area contributed by atoms with E-state index in [0.717, 1.165) is 5.69 Å². The van der Waals surface area contributed by atoms with Crippen LogP contribution in [0.25, 0.3) is 0 Å². The van der Waals surface area contributed by atoms with Gasteiger partial charge in [-0.3, -0.25) is 4.79 Å². The zero-order valence-electron chi connectivity index (χ0n) is 10.3. The molecule has 0 aliphatic heterocycles. The SMILES string of the molecule is CC(C)C(N)C(=O)N(C)c1ccc(C#N)cc1. The Labute approximate surface area is 102 Å². The van der Waals surface area contributed by atoms with E-state index in [0.29, 0.717) is 5.56 Å². The molecule has 1 aromatic rings. The van der Waals surface area contributed by atoms with Gasteiger partial charge in [-0.2, -0.15) is 5.26 Å². The number of likely N-dealkylation sites (N-methyl/N-ethyl adjacent to an activating group) is 1. The summed E-state index contributed by atoms with van der Waals surface area (Å²) < 4.78 is 0. The minimum absolute atomic E-state index is 0.100. The van der Waals surface area contributed by atoms with E-state index in [1.807, 2.05) is 19.9 Å². The minimum atomic E-state index is -0.504. The van der Waals surface area contributed by atoms with Gasteiger partial charge < -0.3 is 10.6 Å². The molecule has 1 aromatic carbocycles. The monoisotopic (exact) mass is 231 g/mol. The van der Waals surface area contributed by atoms with Crippen LogP contribution in [0.4, 0.5) is 5.69 Å². The Morgan fingerprint density at radius 3 is 2.29 bits per heavy atom. The Hall–Kier alpha value is -1.86. The van der Waals surface area contributed by atoms with Crippen molar-refractivity contribution in [3.05, 3.63) is 29.8 Å². The van der Waals surface area contributed by atoms with E-state index in [4.69, 9.17) is 11.0 Å². The summed E-state index contributed by atoms with van der Waals surface area (Å²) >= 11 is 0. The quantitative estimate of drug-likeness (QED) is 0.857. The number of amides is 1. The molecule has 1 unspecified atom stereocenters. The number of nitriles is 1. The maximum absolute atomic E-state index is 12.0. The minimum Gasteiger partial charge on any atom is -0.320 e. The summed E-state index contributed by atoms with van der Waals surface area (Å²) in [6.07, 6.45) is 0. The molecular weight excluding hydrogens is 214 g/mol. The molecule has 4 heteroatoms. The van der Waals surface area contributed by atoms with E-state index in [1.54, 1.807) is 31.3 Å². The summed E-state index contributed by atoms with van der Waals surface area (Å²) in [5, 5.41) is 8.69. The van der Waals surface area contributed by atoms with Gasteiger partial charge in [0, 0.05) is 12.7 Å². The smallest absolute Gasteiger partial charge is 0.243 e. The van der Waals surface area contributed by atoms with Crippen LogP contribution in [0, 0.1) is 17.2 Å². The summed E-state index contributed by atoms with van der Waals surface area (Å²) in [7, 11) is 1.69. The highest BCUT2D eigenvalue weighted by Crippen LogP contribution is 2.15. The van der Waals surface area contributed by atoms with Crippen LogP contribution in [-0.4, -0.2) is 19.0 Å². The lowest BCUT2D eigenvalue weighted by Gasteiger charge is -2.23. The van der Waals surface area contributed by atoms with Crippen molar-refractivity contribution in [2.45, 2.75) is 19.9 Å². The molecule has 0 aliphatic rings. The van der Waals surface area contributed by atoms with E-state index in [9.17, 15) is 4.79 Å². The third-order valence-electron chi connectivity index (χ3n) is 2.72. The molecule has 4 nitrogen and oxygen atoms in total. The largest absolute Gasteiger partial charge is 0.320 e. The fourth-order valence-electron chi connectivity index (χ4n) is 1.40. The van der Waals surface area contributed by atoms with E-state index < -0.39 is 6.04 Å². The molecule has 0 saturated heterocycles. The van der Waals surface area contributed by atoms with Crippen molar-refractivity contribution >= 4 is 11.6 Å². The van der Waals surface area contributed by atoms with Gasteiger partial charge in [-0.15, -0.1) is 0 Å². The summed E-state index contributed by atoms with van der Waals surface area (Å²) in [5.74, 6) is -0.0203. The van der Waals surface area contributed by atoms with Crippen LogP contribution >= 0.6 is 0 Å². The molecule has 1 atom stereocenters. The van der Waals surface area contributed by atoms with Gasteiger partial charge in [-0.1, -0.05) is 13.8 Å². The first kappa shape index (κ1) is 13.2. The highest BCUT2D eigenvalue weighted by molar-refractivity contribution is 5.96. The predicted octanol–water partition coefficient (Wildman–Crippen LogP) is 1.50. The van der Waals surface area contributed by atoms with Crippen molar-refractivity contribution in [3.63, 3.8) is 0 Å². The topological polar surface area (TPSA) is 70.1 Å². The third-order valence-corrected chi connectivity index (χ3v) is 2.72. The summed E-state index contributed by atoms with van der Waals surface area (Å²) in [6, 6.07) is 8.37. The lowest BCUT2D eigenvalue weighted by molar-refractivity contribution is -0.120. The summed E-state index contributed by atoms with van der Waals surface area (Å²) in [6.45, 7) is 3.82. The maximum atomic E-state index is 12.0. The molecule has 0 heterocycles. The van der Waals surface area contributed by atoms with Crippen LogP contribution in [0.3, 0.4) is 0 Å². The first-order chi connectivity index (χ1) is 7.97. The van der Waals surface area contributed by atoms with Gasteiger partial charge >= 0.3 is 0 Å². The van der Waals surface area contributed by atoms with E-state index in [-0.39, 0.29) is 11.8 Å². The molecule has 0 aromatic heterocycles. The number of nitrogens with two attached hydrogens (primary N) is 1. The normalized spacial score (nSPS) is 12.0. The second-order valence-electron chi connectivity index (χ2n) is 4.33. The third kappa shape index (κ3) is 3.05. The molecule has 0 bridgehead atoms. The molecule has 90 valence electrons. The van der Waals surface area contributed by atoms with Gasteiger partial charge in [0.25, 0.3) is 0 Å². The van der Waals surface area contributed by atoms with Crippen LogP contribution < -0.4 is 10.6 Å². The van der Waals surface area contributed by atoms with E-state index in [2.05, 4.69) is 0 Å². The molecule has 2 N–H and O–H groups in total. The second kappa shape index (κ2) is 5.46. The molecule has 17 heavy (non-hydrogen) atoms. The zero-order valence-corrected chi connectivity index (χ0v) is 10.3. The lowest BCUT2D eigenvalue weighted by Crippen LogP contribution is -2.45. The molecule has 1 amide bonds. The number of hydrogen-bond acceptors (Lipinski definition) is 3. The Bertz CT molecular complexity index is 431. The Balaban J connectivity index is 2.85. The fourth-order valence-corrected chi connectivity index (χ4v) is 1.40. The van der Waals surface area contributed by atoms with Crippen LogP contribution in [0.2, 0.25) is 0 Å². The second-order valence-corrected chi connectivity index (χ2v) is 4.33. The Morgan fingerprint density at radius 1 is 1.35 bits per heavy atom. The zero-order chi connectivity index (χ0) is 13.0. The van der Waals surface area contributed by atoms with Gasteiger partial charge in [0.1, 0.15) is 0 Å². The van der Waals surface area contributed by atoms with Crippen molar-refractivity contribution in [3.8, 4) is 6.07 Å². The van der Waals surface area contributed by atoms with Crippen LogP contribution in [-0.2, 0) is 4.79 Å². The molecule has 0 saturated carbocycles. The van der Waals surface area contributed by atoms with E-state index >= 15 is 0 Å². The summed E-state index contributed by atoms with van der Waals surface area (Å²) in [4.78, 5) is 13.5. The Morgan fingerprint density at radius 2 is 1.88 bits per heavy atom. The number of carbonyl (C=O) groups excluding carboxylic acids is 1. The first-order valence-corrected chi connectivity index (χ1v) is 5.50. The number of rotatable bonds is 3. The molecule has 0 fully saturated rings. The summed E-state index contributed by atoms with van der Waals surface area (Å²) in [5.41, 5.74) is 7.12. The van der Waals surface area contributed by atoms with Crippen LogP contribution in [0.15, 0.2) is 24.3 Å². The first-order valence-electron chi connectivity index (χ1n) is 5.50. The number of carbonyl (C=O) groups is 1. The highest BCUT2D eigenvalue weighted by atomic mass is 16.2. The number of nitrogens with zero attached hydrogens (tertiary/aromatic N) is 2.